The molecule has 0 saturated carbocycles. The number of aliphatic hydroxyl groups is 1. The van der Waals surface area contributed by atoms with E-state index in [2.05, 4.69) is 44.8 Å². The van der Waals surface area contributed by atoms with Gasteiger partial charge in [-0.15, -0.1) is 0 Å². The molecule has 0 fully saturated rings. The summed E-state index contributed by atoms with van der Waals surface area (Å²) < 4.78 is 14.3. The summed E-state index contributed by atoms with van der Waals surface area (Å²) in [5, 5.41) is 12.4. The second-order valence-corrected chi connectivity index (χ2v) is 6.71. The SMILES string of the molecule is CC(C)N(CCCO)c1cccc(F)c1CNC(C)(C)C. The summed E-state index contributed by atoms with van der Waals surface area (Å²) in [6.45, 7) is 11.7. The van der Waals surface area contributed by atoms with Crippen molar-refractivity contribution in [1.29, 1.82) is 0 Å². The lowest BCUT2D eigenvalue weighted by molar-refractivity contribution is 0.288. The zero-order chi connectivity index (χ0) is 16.0. The van der Waals surface area contributed by atoms with E-state index >= 15 is 0 Å². The van der Waals surface area contributed by atoms with Crippen molar-refractivity contribution < 1.29 is 9.50 Å². The molecule has 1 rings (SSSR count). The number of nitrogens with zero attached hydrogens (tertiary/aromatic N) is 1. The summed E-state index contributed by atoms with van der Waals surface area (Å²) in [6, 6.07) is 5.47. The minimum Gasteiger partial charge on any atom is -0.396 e. The molecule has 2 N–H and O–H groups in total. The molecule has 1 aromatic carbocycles. The van der Waals surface area contributed by atoms with E-state index < -0.39 is 0 Å². The number of benzene rings is 1. The molecule has 3 nitrogen and oxygen atoms in total. The Morgan fingerprint density at radius 2 is 1.95 bits per heavy atom. The van der Waals surface area contributed by atoms with Crippen LogP contribution in [0.3, 0.4) is 0 Å². The third kappa shape index (κ3) is 5.64. The van der Waals surface area contributed by atoms with Crippen molar-refractivity contribution in [2.24, 2.45) is 0 Å². The molecule has 0 radical (unpaired) electrons. The van der Waals surface area contributed by atoms with Crippen LogP contribution in [-0.2, 0) is 6.54 Å². The van der Waals surface area contributed by atoms with E-state index in [0.717, 1.165) is 12.2 Å². The van der Waals surface area contributed by atoms with Gasteiger partial charge in [0.1, 0.15) is 5.82 Å². The highest BCUT2D eigenvalue weighted by Gasteiger charge is 2.18. The molecule has 0 saturated heterocycles. The van der Waals surface area contributed by atoms with Crippen LogP contribution in [0.1, 0.15) is 46.6 Å². The standard InChI is InChI=1S/C17H29FN2O/c1-13(2)20(10-7-11-21)16-9-6-8-15(18)14(16)12-19-17(3,4)5/h6,8-9,13,19,21H,7,10-12H2,1-5H3. The zero-order valence-corrected chi connectivity index (χ0v) is 13.9. The highest BCUT2D eigenvalue weighted by Crippen LogP contribution is 2.26. The van der Waals surface area contributed by atoms with E-state index in [0.29, 0.717) is 18.5 Å². The van der Waals surface area contributed by atoms with Crippen LogP contribution < -0.4 is 10.2 Å². The lowest BCUT2D eigenvalue weighted by Gasteiger charge is -2.32. The monoisotopic (exact) mass is 296 g/mol. The second kappa shape index (κ2) is 7.76. The van der Waals surface area contributed by atoms with Crippen LogP contribution >= 0.6 is 0 Å². The Balaban J connectivity index is 3.06. The number of hydrogen-bond acceptors (Lipinski definition) is 3. The molecular formula is C17H29FN2O. The number of anilines is 1. The summed E-state index contributed by atoms with van der Waals surface area (Å²) >= 11 is 0. The number of rotatable bonds is 7. The van der Waals surface area contributed by atoms with Crippen LogP contribution in [-0.4, -0.2) is 29.8 Å². The van der Waals surface area contributed by atoms with E-state index in [1.807, 2.05) is 6.07 Å². The number of aliphatic hydroxyl groups excluding tert-OH is 1. The van der Waals surface area contributed by atoms with Gasteiger partial charge in [0, 0.05) is 42.5 Å². The van der Waals surface area contributed by atoms with Crippen molar-refractivity contribution in [2.75, 3.05) is 18.1 Å². The minimum atomic E-state index is -0.182. The van der Waals surface area contributed by atoms with Gasteiger partial charge in [-0.05, 0) is 53.2 Å². The van der Waals surface area contributed by atoms with Crippen LogP contribution in [0.4, 0.5) is 10.1 Å². The average molecular weight is 296 g/mol. The normalized spacial score (nSPS) is 12.0. The van der Waals surface area contributed by atoms with Gasteiger partial charge in [-0.2, -0.15) is 0 Å². The van der Waals surface area contributed by atoms with Gasteiger partial charge in [0.15, 0.2) is 0 Å². The number of halogens is 1. The van der Waals surface area contributed by atoms with Crippen molar-refractivity contribution in [3.63, 3.8) is 0 Å². The second-order valence-electron chi connectivity index (χ2n) is 6.71. The van der Waals surface area contributed by atoms with Crippen LogP contribution in [0, 0.1) is 5.82 Å². The number of nitrogens with one attached hydrogen (secondary N) is 1. The fourth-order valence-corrected chi connectivity index (χ4v) is 2.24. The Kier molecular flexibility index (Phi) is 6.62. The molecular weight excluding hydrogens is 267 g/mol. The van der Waals surface area contributed by atoms with Crippen molar-refractivity contribution in [2.45, 2.75) is 59.2 Å². The smallest absolute Gasteiger partial charge is 0.129 e. The Hall–Kier alpha value is -1.13. The van der Waals surface area contributed by atoms with E-state index in [1.165, 1.54) is 6.07 Å². The largest absolute Gasteiger partial charge is 0.396 e. The quantitative estimate of drug-likeness (QED) is 0.810. The maximum absolute atomic E-state index is 14.3. The molecule has 0 spiro atoms. The molecule has 1 aromatic rings. The van der Waals surface area contributed by atoms with Crippen LogP contribution in [0.15, 0.2) is 18.2 Å². The fourth-order valence-electron chi connectivity index (χ4n) is 2.24. The predicted octanol–water partition coefficient (Wildman–Crippen LogP) is 3.31. The first-order valence-electron chi connectivity index (χ1n) is 7.66. The molecule has 0 amide bonds. The first-order valence-corrected chi connectivity index (χ1v) is 7.66. The van der Waals surface area contributed by atoms with Crippen molar-refractivity contribution in [3.8, 4) is 0 Å². The van der Waals surface area contributed by atoms with Crippen LogP contribution in [0.5, 0.6) is 0 Å². The first-order chi connectivity index (χ1) is 9.76. The third-order valence-corrected chi connectivity index (χ3v) is 3.38. The molecule has 0 aliphatic carbocycles. The Bertz CT molecular complexity index is 441. The van der Waals surface area contributed by atoms with Crippen molar-refractivity contribution in [1.82, 2.24) is 5.32 Å². The van der Waals surface area contributed by atoms with Gasteiger partial charge in [-0.3, -0.25) is 0 Å². The van der Waals surface area contributed by atoms with Gasteiger partial charge in [0.05, 0.1) is 0 Å². The molecule has 0 aliphatic rings. The van der Waals surface area contributed by atoms with E-state index in [-0.39, 0.29) is 24.0 Å². The van der Waals surface area contributed by atoms with Gasteiger partial charge in [-0.1, -0.05) is 6.07 Å². The van der Waals surface area contributed by atoms with E-state index in [9.17, 15) is 4.39 Å². The maximum atomic E-state index is 14.3. The Morgan fingerprint density at radius 3 is 2.48 bits per heavy atom. The third-order valence-electron chi connectivity index (χ3n) is 3.38. The minimum absolute atomic E-state index is 0.0622. The Labute approximate surface area is 128 Å². The molecule has 0 bridgehead atoms. The Morgan fingerprint density at radius 1 is 1.29 bits per heavy atom. The molecule has 120 valence electrons. The van der Waals surface area contributed by atoms with E-state index in [1.54, 1.807) is 6.07 Å². The summed E-state index contributed by atoms with van der Waals surface area (Å²) in [5.74, 6) is -0.182. The van der Waals surface area contributed by atoms with Gasteiger partial charge < -0.3 is 15.3 Å². The zero-order valence-electron chi connectivity index (χ0n) is 13.9. The predicted molar refractivity (Wildman–Crippen MR) is 87.2 cm³/mol. The van der Waals surface area contributed by atoms with Crippen molar-refractivity contribution >= 4 is 5.69 Å². The van der Waals surface area contributed by atoms with Gasteiger partial charge in [0.25, 0.3) is 0 Å². The van der Waals surface area contributed by atoms with E-state index in [4.69, 9.17) is 5.11 Å². The molecule has 21 heavy (non-hydrogen) atoms. The van der Waals surface area contributed by atoms with Gasteiger partial charge in [0.2, 0.25) is 0 Å². The summed E-state index contributed by atoms with van der Waals surface area (Å²) in [7, 11) is 0. The highest BCUT2D eigenvalue weighted by molar-refractivity contribution is 5.55. The van der Waals surface area contributed by atoms with Gasteiger partial charge in [-0.25, -0.2) is 4.39 Å². The lowest BCUT2D eigenvalue weighted by atomic mass is 10.1. The summed E-state index contributed by atoms with van der Waals surface area (Å²) in [5.41, 5.74) is 1.54. The van der Waals surface area contributed by atoms with Crippen molar-refractivity contribution in [3.05, 3.63) is 29.6 Å². The molecule has 0 heterocycles. The fraction of sp³-hybridized carbons (Fsp3) is 0.647. The topological polar surface area (TPSA) is 35.5 Å². The lowest BCUT2D eigenvalue weighted by Crippen LogP contribution is -2.37. The maximum Gasteiger partial charge on any atom is 0.129 e. The first kappa shape index (κ1) is 17.9. The molecule has 4 heteroatoms. The average Bonchev–Trinajstić information content (AvgIpc) is 2.36. The molecule has 0 aromatic heterocycles. The summed E-state index contributed by atoms with van der Waals surface area (Å²) in [4.78, 5) is 2.15. The van der Waals surface area contributed by atoms with Crippen LogP contribution in [0.25, 0.3) is 0 Å². The molecule has 0 atom stereocenters. The van der Waals surface area contributed by atoms with Crippen LogP contribution in [0.2, 0.25) is 0 Å². The molecule has 0 unspecified atom stereocenters. The van der Waals surface area contributed by atoms with Gasteiger partial charge >= 0.3 is 0 Å². The summed E-state index contributed by atoms with van der Waals surface area (Å²) in [6.07, 6.45) is 0.681. The highest BCUT2D eigenvalue weighted by atomic mass is 19.1. The number of hydrogen-bond donors (Lipinski definition) is 2. The molecule has 0 aliphatic heterocycles.